The van der Waals surface area contributed by atoms with Crippen molar-refractivity contribution in [3.05, 3.63) is 33.1 Å². The summed E-state index contributed by atoms with van der Waals surface area (Å²) in [6.45, 7) is -0.632. The zero-order valence-corrected chi connectivity index (χ0v) is 12.6. The third-order valence-corrected chi connectivity index (χ3v) is 4.25. The lowest BCUT2D eigenvalue weighted by molar-refractivity contribution is -0.123. The van der Waals surface area contributed by atoms with Crippen molar-refractivity contribution >= 4 is 62.5 Å². The zero-order chi connectivity index (χ0) is 15.6. The Morgan fingerprint density at radius 2 is 2.00 bits per heavy atom. The molecule has 0 bridgehead atoms. The van der Waals surface area contributed by atoms with Crippen molar-refractivity contribution in [2.45, 2.75) is 0 Å². The summed E-state index contributed by atoms with van der Waals surface area (Å²) >= 11 is 13.1. The van der Waals surface area contributed by atoms with E-state index in [2.05, 4.69) is 0 Å². The van der Waals surface area contributed by atoms with Gasteiger partial charge in [0.15, 0.2) is 6.61 Å². The number of imide groups is 1. The molecule has 0 fully saturated rings. The number of esters is 1. The molecule has 0 atom stereocenters. The number of thiophene rings is 1. The summed E-state index contributed by atoms with van der Waals surface area (Å²) in [5.74, 6) is -1.59. The molecule has 110 valence electrons. The van der Waals surface area contributed by atoms with E-state index in [4.69, 9.17) is 33.7 Å². The first-order valence-electron chi connectivity index (χ1n) is 5.52. The topological polar surface area (TPSA) is 98.5 Å². The first-order chi connectivity index (χ1) is 9.88. The van der Waals surface area contributed by atoms with Gasteiger partial charge in [-0.15, -0.1) is 11.3 Å². The minimum absolute atomic E-state index is 0.154. The molecule has 0 aliphatic rings. The summed E-state index contributed by atoms with van der Waals surface area (Å²) in [5, 5.41) is 3.18. The number of hydrogen-bond acceptors (Lipinski definition) is 5. The van der Waals surface area contributed by atoms with Crippen LogP contribution >= 0.6 is 34.5 Å². The lowest BCUT2D eigenvalue weighted by Gasteiger charge is -2.02. The first-order valence-corrected chi connectivity index (χ1v) is 7.09. The molecule has 0 spiro atoms. The minimum Gasteiger partial charge on any atom is -0.451 e. The maximum absolute atomic E-state index is 11.9. The van der Waals surface area contributed by atoms with Gasteiger partial charge >= 0.3 is 12.0 Å². The van der Waals surface area contributed by atoms with Crippen LogP contribution in [-0.4, -0.2) is 24.5 Å². The molecule has 2 rings (SSSR count). The Labute approximate surface area is 132 Å². The lowest BCUT2D eigenvalue weighted by atomic mass is 10.2. The number of ether oxygens (including phenoxy) is 1. The Bertz CT molecular complexity index is 744. The first kappa shape index (κ1) is 15.6. The van der Waals surface area contributed by atoms with Gasteiger partial charge in [-0.2, -0.15) is 0 Å². The highest BCUT2D eigenvalue weighted by molar-refractivity contribution is 7.21. The van der Waals surface area contributed by atoms with Crippen LogP contribution in [0.15, 0.2) is 18.2 Å². The van der Waals surface area contributed by atoms with E-state index in [1.54, 1.807) is 23.5 Å². The maximum atomic E-state index is 11.9. The number of carbonyl (C=O) groups excluding carboxylic acids is 3. The normalized spacial score (nSPS) is 10.4. The minimum atomic E-state index is -1.02. The van der Waals surface area contributed by atoms with Crippen LogP contribution < -0.4 is 11.1 Å². The van der Waals surface area contributed by atoms with Crippen molar-refractivity contribution in [1.82, 2.24) is 5.32 Å². The Hall–Kier alpha value is -1.83. The number of amides is 3. The second-order valence-electron chi connectivity index (χ2n) is 3.87. The van der Waals surface area contributed by atoms with E-state index < -0.39 is 24.5 Å². The smallest absolute Gasteiger partial charge is 0.350 e. The number of nitrogens with two attached hydrogens (primary N) is 1. The molecule has 3 N–H and O–H groups in total. The summed E-state index contributed by atoms with van der Waals surface area (Å²) < 4.78 is 5.49. The molecule has 0 aliphatic heterocycles. The molecule has 0 saturated carbocycles. The van der Waals surface area contributed by atoms with E-state index in [1.807, 2.05) is 0 Å². The van der Waals surface area contributed by atoms with Crippen LogP contribution in [0.1, 0.15) is 9.67 Å². The van der Waals surface area contributed by atoms with E-state index in [0.29, 0.717) is 10.4 Å². The third-order valence-electron chi connectivity index (χ3n) is 2.37. The number of primary amides is 1. The molecule has 6 nitrogen and oxygen atoms in total. The average Bonchev–Trinajstić information content (AvgIpc) is 2.72. The van der Waals surface area contributed by atoms with Crippen molar-refractivity contribution in [2.24, 2.45) is 5.73 Å². The van der Waals surface area contributed by atoms with Crippen molar-refractivity contribution in [3.63, 3.8) is 0 Å². The summed E-state index contributed by atoms with van der Waals surface area (Å²) in [7, 11) is 0. The molecule has 0 radical (unpaired) electrons. The van der Waals surface area contributed by atoms with Crippen LogP contribution in [-0.2, 0) is 9.53 Å². The number of carbonyl (C=O) groups is 3. The summed E-state index contributed by atoms with van der Waals surface area (Å²) in [4.78, 5) is 33.6. The third kappa shape index (κ3) is 3.63. The highest BCUT2D eigenvalue weighted by Gasteiger charge is 2.19. The van der Waals surface area contributed by atoms with Crippen LogP contribution in [0.4, 0.5) is 4.79 Å². The Morgan fingerprint density at radius 1 is 1.29 bits per heavy atom. The van der Waals surface area contributed by atoms with Gasteiger partial charge < -0.3 is 10.5 Å². The quantitative estimate of drug-likeness (QED) is 0.834. The van der Waals surface area contributed by atoms with Crippen molar-refractivity contribution in [3.8, 4) is 0 Å². The van der Waals surface area contributed by atoms with Crippen molar-refractivity contribution in [2.75, 3.05) is 6.61 Å². The fourth-order valence-electron chi connectivity index (χ4n) is 1.54. The SMILES string of the molecule is NC(=O)NC(=O)COC(=O)c1sc2cc(Cl)ccc2c1Cl. The molecule has 21 heavy (non-hydrogen) atoms. The second kappa shape index (κ2) is 6.30. The van der Waals surface area contributed by atoms with E-state index >= 15 is 0 Å². The molecule has 0 aliphatic carbocycles. The molecule has 0 saturated heterocycles. The zero-order valence-electron chi connectivity index (χ0n) is 10.3. The van der Waals surface area contributed by atoms with E-state index in [9.17, 15) is 14.4 Å². The van der Waals surface area contributed by atoms with Crippen LogP contribution in [0.2, 0.25) is 10.0 Å². The summed E-state index contributed by atoms with van der Waals surface area (Å²) in [5.41, 5.74) is 4.76. The number of fused-ring (bicyclic) bond motifs is 1. The van der Waals surface area contributed by atoms with Crippen LogP contribution in [0, 0.1) is 0 Å². The van der Waals surface area contributed by atoms with Gasteiger partial charge in [0, 0.05) is 15.1 Å². The highest BCUT2D eigenvalue weighted by atomic mass is 35.5. The van der Waals surface area contributed by atoms with Crippen molar-refractivity contribution in [1.29, 1.82) is 0 Å². The molecule has 9 heteroatoms. The predicted octanol–water partition coefficient (Wildman–Crippen LogP) is 2.56. The van der Waals surface area contributed by atoms with Gasteiger partial charge in [0.05, 0.1) is 5.02 Å². The molecular weight excluding hydrogens is 339 g/mol. The fraction of sp³-hybridized carbons (Fsp3) is 0.0833. The molecule has 1 heterocycles. The Kier molecular flexibility index (Phi) is 4.66. The molecule has 2 aromatic rings. The molecule has 1 aromatic heterocycles. The molecule has 0 unspecified atom stereocenters. The van der Waals surface area contributed by atoms with Gasteiger partial charge in [0.25, 0.3) is 5.91 Å². The van der Waals surface area contributed by atoms with E-state index in [0.717, 1.165) is 16.0 Å². The lowest BCUT2D eigenvalue weighted by Crippen LogP contribution is -2.37. The number of hydrogen-bond donors (Lipinski definition) is 2. The Morgan fingerprint density at radius 3 is 2.67 bits per heavy atom. The predicted molar refractivity (Wildman–Crippen MR) is 79.9 cm³/mol. The largest absolute Gasteiger partial charge is 0.451 e. The number of halogens is 2. The standard InChI is InChI=1S/C12H8Cl2N2O4S/c13-5-1-2-6-7(3-5)21-10(9(6)14)11(18)20-4-8(17)16-12(15)19/h1-3H,4H2,(H3,15,16,17,19). The molecule has 3 amide bonds. The van der Waals surface area contributed by atoms with E-state index in [1.165, 1.54) is 0 Å². The second-order valence-corrected chi connectivity index (χ2v) is 5.74. The number of urea groups is 1. The molecular formula is C12H8Cl2N2O4S. The van der Waals surface area contributed by atoms with Gasteiger partial charge in [0.1, 0.15) is 4.88 Å². The fourth-order valence-corrected chi connectivity index (χ4v) is 3.22. The van der Waals surface area contributed by atoms with Crippen LogP contribution in [0.5, 0.6) is 0 Å². The average molecular weight is 347 g/mol. The van der Waals surface area contributed by atoms with Gasteiger partial charge in [-0.1, -0.05) is 29.3 Å². The van der Waals surface area contributed by atoms with Crippen LogP contribution in [0.3, 0.4) is 0 Å². The van der Waals surface area contributed by atoms with Gasteiger partial charge in [-0.25, -0.2) is 9.59 Å². The number of benzene rings is 1. The van der Waals surface area contributed by atoms with Gasteiger partial charge in [-0.3, -0.25) is 10.1 Å². The van der Waals surface area contributed by atoms with E-state index in [-0.39, 0.29) is 9.90 Å². The summed E-state index contributed by atoms with van der Waals surface area (Å²) in [6.07, 6.45) is 0. The highest BCUT2D eigenvalue weighted by Crippen LogP contribution is 2.37. The van der Waals surface area contributed by atoms with Gasteiger partial charge in [0.2, 0.25) is 0 Å². The summed E-state index contributed by atoms with van der Waals surface area (Å²) in [6, 6.07) is 3.99. The number of rotatable bonds is 3. The van der Waals surface area contributed by atoms with Crippen LogP contribution in [0.25, 0.3) is 10.1 Å². The van der Waals surface area contributed by atoms with Crippen molar-refractivity contribution < 1.29 is 19.1 Å². The number of nitrogens with one attached hydrogen (secondary N) is 1. The molecule has 1 aromatic carbocycles. The van der Waals surface area contributed by atoms with Gasteiger partial charge in [-0.05, 0) is 12.1 Å². The Balaban J connectivity index is 2.14. The maximum Gasteiger partial charge on any atom is 0.350 e. The monoisotopic (exact) mass is 346 g/mol.